The second-order valence-corrected chi connectivity index (χ2v) is 13.4. The van der Waals surface area contributed by atoms with E-state index in [9.17, 15) is 37.1 Å². The molecule has 0 aliphatic carbocycles. The predicted octanol–water partition coefficient (Wildman–Crippen LogP) is 5.70. The Labute approximate surface area is 317 Å². The Bertz CT molecular complexity index is 1940. The largest absolute Gasteiger partial charge is 0.427 e. The SMILES string of the molecule is C=C[C@H](C)Nc1nc2c(c(=O)n1-c1ccc(C(=O)N(C)C(=O)OCOC(=O)[C@H](N)C(C)C)cc1)C[C@@H](C)N(C(=O)c1ccc(Br)c(C(F)(F)F)c1)C2.Cl. The van der Waals surface area contributed by atoms with Gasteiger partial charge in [-0.2, -0.15) is 13.2 Å². The van der Waals surface area contributed by atoms with Crippen LogP contribution in [0.3, 0.4) is 0 Å². The summed E-state index contributed by atoms with van der Waals surface area (Å²) in [6.07, 6.45) is -4.12. The van der Waals surface area contributed by atoms with Gasteiger partial charge in [0.25, 0.3) is 17.4 Å². The van der Waals surface area contributed by atoms with Crippen LogP contribution in [0, 0.1) is 5.92 Å². The highest BCUT2D eigenvalue weighted by molar-refractivity contribution is 9.10. The first kappa shape index (κ1) is 42.7. The summed E-state index contributed by atoms with van der Waals surface area (Å²) in [4.78, 5) is 71.7. The van der Waals surface area contributed by atoms with Gasteiger partial charge in [0.2, 0.25) is 12.7 Å². The lowest BCUT2D eigenvalue weighted by molar-refractivity contribution is -0.154. The number of hydrogen-bond donors (Lipinski definition) is 2. The second-order valence-electron chi connectivity index (χ2n) is 12.5. The number of hydrogen-bond acceptors (Lipinski definition) is 10. The third-order valence-corrected chi connectivity index (χ3v) is 9.12. The van der Waals surface area contributed by atoms with Gasteiger partial charge in [-0.25, -0.2) is 19.2 Å². The van der Waals surface area contributed by atoms with Gasteiger partial charge < -0.3 is 25.4 Å². The smallest absolute Gasteiger partial charge is 0.419 e. The standard InChI is InChI=1S/C35H38BrF3N6O7.ClH/c1-7-19(4)41-33-42-27-16-44(30(47)22-10-13-26(36)25(15-22)35(37,38)39)20(5)14-24(27)31(48)45(33)23-11-8-21(9-12-23)29(46)43(6)34(50)52-17-51-32(49)28(40)18(2)3;/h7-13,15,18-20,28H,1,14,16-17,40H2,2-6H3,(H,41,42);1H/t19-,20+,28+;/m0./s1. The van der Waals surface area contributed by atoms with E-state index in [2.05, 4.69) is 32.8 Å². The summed E-state index contributed by atoms with van der Waals surface area (Å²) in [7, 11) is 1.18. The fourth-order valence-electron chi connectivity index (χ4n) is 5.20. The number of anilines is 1. The number of esters is 1. The minimum absolute atomic E-state index is 0. The number of carbonyl (C=O) groups excluding carboxylic acids is 4. The van der Waals surface area contributed by atoms with E-state index in [1.54, 1.807) is 33.8 Å². The van der Waals surface area contributed by atoms with Gasteiger partial charge in [-0.05, 0) is 68.7 Å². The van der Waals surface area contributed by atoms with Gasteiger partial charge in [0, 0.05) is 40.3 Å². The first-order valence-electron chi connectivity index (χ1n) is 16.0. The number of ether oxygens (including phenoxy) is 2. The number of nitrogens with zero attached hydrogens (tertiary/aromatic N) is 4. The Morgan fingerprint density at radius 1 is 1.11 bits per heavy atom. The second kappa shape index (κ2) is 17.4. The zero-order valence-electron chi connectivity index (χ0n) is 29.4. The van der Waals surface area contributed by atoms with Crippen molar-refractivity contribution < 1.29 is 41.8 Å². The van der Waals surface area contributed by atoms with Crippen LogP contribution in [-0.2, 0) is 33.4 Å². The van der Waals surface area contributed by atoms with Crippen molar-refractivity contribution in [1.29, 1.82) is 0 Å². The number of alkyl halides is 3. The highest BCUT2D eigenvalue weighted by Gasteiger charge is 2.36. The molecule has 18 heteroatoms. The van der Waals surface area contributed by atoms with Crippen LogP contribution in [0.15, 0.2) is 64.4 Å². The van der Waals surface area contributed by atoms with Crippen LogP contribution in [-0.4, -0.2) is 75.2 Å². The molecule has 1 aromatic heterocycles. The normalized spacial score (nSPS) is 15.0. The summed E-state index contributed by atoms with van der Waals surface area (Å²) < 4.78 is 51.5. The molecular formula is C35H39BrClF3N6O7. The van der Waals surface area contributed by atoms with Crippen molar-refractivity contribution in [2.75, 3.05) is 19.2 Å². The maximum absolute atomic E-state index is 14.1. The molecule has 4 rings (SSSR count). The molecule has 1 aliphatic heterocycles. The van der Waals surface area contributed by atoms with Crippen molar-refractivity contribution in [2.45, 2.75) is 65.0 Å². The lowest BCUT2D eigenvalue weighted by Crippen LogP contribution is -2.46. The molecule has 2 heterocycles. The lowest BCUT2D eigenvalue weighted by Gasteiger charge is -2.35. The fourth-order valence-corrected chi connectivity index (χ4v) is 5.68. The van der Waals surface area contributed by atoms with Crippen LogP contribution in [0.4, 0.5) is 23.9 Å². The number of benzene rings is 2. The van der Waals surface area contributed by atoms with Gasteiger partial charge in [-0.1, -0.05) is 35.9 Å². The Kier molecular flexibility index (Phi) is 14.0. The number of aromatic nitrogens is 2. The van der Waals surface area contributed by atoms with E-state index < -0.39 is 60.1 Å². The third kappa shape index (κ3) is 9.63. The summed E-state index contributed by atoms with van der Waals surface area (Å²) in [5.74, 6) is -2.27. The van der Waals surface area contributed by atoms with E-state index in [0.717, 1.165) is 6.07 Å². The van der Waals surface area contributed by atoms with Gasteiger partial charge in [0.15, 0.2) is 0 Å². The number of imide groups is 1. The Balaban J connectivity index is 0.00000756. The summed E-state index contributed by atoms with van der Waals surface area (Å²) in [6, 6.07) is 7.15. The van der Waals surface area contributed by atoms with Crippen molar-refractivity contribution in [3.05, 3.63) is 97.9 Å². The molecule has 286 valence electrons. The van der Waals surface area contributed by atoms with Gasteiger partial charge in [0.1, 0.15) is 6.04 Å². The first-order valence-corrected chi connectivity index (χ1v) is 16.8. The molecule has 3 atom stereocenters. The zero-order chi connectivity index (χ0) is 38.7. The predicted molar refractivity (Wildman–Crippen MR) is 195 cm³/mol. The van der Waals surface area contributed by atoms with Crippen molar-refractivity contribution in [3.63, 3.8) is 0 Å². The molecule has 53 heavy (non-hydrogen) atoms. The molecule has 3 N–H and O–H groups in total. The van der Waals surface area contributed by atoms with E-state index in [1.165, 1.54) is 52.9 Å². The summed E-state index contributed by atoms with van der Waals surface area (Å²) in [5, 5.41) is 3.10. The Hall–Kier alpha value is -4.74. The zero-order valence-corrected chi connectivity index (χ0v) is 31.8. The Morgan fingerprint density at radius 3 is 2.32 bits per heavy atom. The van der Waals surface area contributed by atoms with Crippen molar-refractivity contribution in [2.24, 2.45) is 11.7 Å². The molecule has 0 spiro atoms. The molecule has 3 aromatic rings. The number of halogens is 5. The summed E-state index contributed by atoms with van der Waals surface area (Å²) in [5.41, 5.74) is 5.04. The van der Waals surface area contributed by atoms with Crippen LogP contribution < -0.4 is 16.6 Å². The van der Waals surface area contributed by atoms with Gasteiger partial charge >= 0.3 is 18.2 Å². The number of amides is 3. The molecule has 1 aliphatic rings. The van der Waals surface area contributed by atoms with Crippen LogP contribution in [0.25, 0.3) is 5.69 Å². The van der Waals surface area contributed by atoms with Crippen LogP contribution >= 0.6 is 28.3 Å². The molecule has 0 saturated heterocycles. The number of rotatable bonds is 10. The van der Waals surface area contributed by atoms with Crippen LogP contribution in [0.2, 0.25) is 0 Å². The number of carbonyl (C=O) groups is 4. The summed E-state index contributed by atoms with van der Waals surface area (Å²) in [6.45, 7) is 9.78. The molecule has 2 aromatic carbocycles. The van der Waals surface area contributed by atoms with Crippen molar-refractivity contribution in [3.8, 4) is 5.69 Å². The topological polar surface area (TPSA) is 166 Å². The third-order valence-electron chi connectivity index (χ3n) is 8.43. The van der Waals surface area contributed by atoms with Gasteiger partial charge in [-0.15, -0.1) is 19.0 Å². The average molecular weight is 828 g/mol. The van der Waals surface area contributed by atoms with Gasteiger partial charge in [-0.3, -0.25) is 19.2 Å². The van der Waals surface area contributed by atoms with E-state index in [4.69, 9.17) is 15.2 Å². The van der Waals surface area contributed by atoms with Gasteiger partial charge in [0.05, 0.1) is 23.5 Å². The molecule has 0 saturated carbocycles. The van der Waals surface area contributed by atoms with Crippen molar-refractivity contribution in [1.82, 2.24) is 19.4 Å². The quantitative estimate of drug-likeness (QED) is 0.147. The molecule has 0 fully saturated rings. The van der Waals surface area contributed by atoms with Crippen LogP contribution in [0.5, 0.6) is 0 Å². The van der Waals surface area contributed by atoms with E-state index in [0.29, 0.717) is 16.2 Å². The van der Waals surface area contributed by atoms with E-state index in [-0.39, 0.29) is 64.6 Å². The van der Waals surface area contributed by atoms with Crippen molar-refractivity contribution >= 4 is 58.2 Å². The molecule has 0 unspecified atom stereocenters. The number of nitrogens with one attached hydrogen (secondary N) is 1. The molecule has 0 radical (unpaired) electrons. The molecule has 3 amide bonds. The number of fused-ring (bicyclic) bond motifs is 1. The lowest BCUT2D eigenvalue weighted by atomic mass is 9.98. The monoisotopic (exact) mass is 826 g/mol. The van der Waals surface area contributed by atoms with Crippen LogP contribution in [0.1, 0.15) is 65.2 Å². The summed E-state index contributed by atoms with van der Waals surface area (Å²) >= 11 is 2.89. The number of nitrogens with two attached hydrogens (primary N) is 1. The van der Waals surface area contributed by atoms with E-state index >= 15 is 0 Å². The minimum Gasteiger partial charge on any atom is -0.427 e. The molecule has 13 nitrogen and oxygen atoms in total. The highest BCUT2D eigenvalue weighted by Crippen LogP contribution is 2.36. The maximum atomic E-state index is 14.1. The maximum Gasteiger partial charge on any atom is 0.419 e. The molecular weight excluding hydrogens is 789 g/mol. The molecule has 0 bridgehead atoms. The minimum atomic E-state index is -4.68. The Morgan fingerprint density at radius 2 is 1.74 bits per heavy atom. The average Bonchev–Trinajstić information content (AvgIpc) is 3.10. The highest BCUT2D eigenvalue weighted by atomic mass is 79.9. The first-order chi connectivity index (χ1) is 24.3. The van der Waals surface area contributed by atoms with E-state index in [1.807, 2.05) is 0 Å². The fraction of sp³-hybridized carbons (Fsp3) is 0.371.